The van der Waals surface area contributed by atoms with Gasteiger partial charge in [-0.2, -0.15) is 15.0 Å². The Morgan fingerprint density at radius 3 is 2.09 bits per heavy atom. The van der Waals surface area contributed by atoms with Crippen LogP contribution in [-0.4, -0.2) is 33.3 Å². The lowest BCUT2D eigenvalue weighted by molar-refractivity contribution is -0.274. The smallest absolute Gasteiger partial charge is 0.457 e. The molecule has 0 radical (unpaired) electrons. The maximum atomic E-state index is 12.3. The molecule has 0 aliphatic carbocycles. The highest BCUT2D eigenvalue weighted by molar-refractivity contribution is 5.85. The Morgan fingerprint density at radius 1 is 0.882 bits per heavy atom. The standard InChI is InChI=1S/C22H20F3N7O2/c1-12(32(2)21-28-11-17-18(26)29-20(27)30-19(17)31-21)13-3-5-14(6-4-13)33-15-7-9-16(10-8-15)34-22(23,24)25/h3-12H,1-2H3,(H4,26,27,28,29,30,31). The van der Waals surface area contributed by atoms with E-state index in [-0.39, 0.29) is 23.6 Å². The van der Waals surface area contributed by atoms with E-state index in [2.05, 4.69) is 24.7 Å². The van der Waals surface area contributed by atoms with Crippen LogP contribution in [0.4, 0.5) is 30.9 Å². The summed E-state index contributed by atoms with van der Waals surface area (Å²) in [6, 6.07) is 12.3. The number of rotatable bonds is 6. The molecule has 0 saturated carbocycles. The molecule has 9 nitrogen and oxygen atoms in total. The van der Waals surface area contributed by atoms with Gasteiger partial charge in [-0.25, -0.2) is 4.98 Å². The van der Waals surface area contributed by atoms with E-state index in [0.29, 0.717) is 28.5 Å². The van der Waals surface area contributed by atoms with Crippen LogP contribution in [0.15, 0.2) is 54.7 Å². The summed E-state index contributed by atoms with van der Waals surface area (Å²) in [6.07, 6.45) is -3.19. The second-order valence-electron chi connectivity index (χ2n) is 7.35. The molecule has 0 saturated heterocycles. The van der Waals surface area contributed by atoms with E-state index in [0.717, 1.165) is 5.56 Å². The summed E-state index contributed by atoms with van der Waals surface area (Å²) in [7, 11) is 1.84. The predicted molar refractivity (Wildman–Crippen MR) is 120 cm³/mol. The molecule has 34 heavy (non-hydrogen) atoms. The SMILES string of the molecule is CC(c1ccc(Oc2ccc(OC(F)(F)F)cc2)cc1)N(C)c1ncc2c(N)nc(N)nc2n1. The van der Waals surface area contributed by atoms with E-state index in [4.69, 9.17) is 16.2 Å². The summed E-state index contributed by atoms with van der Waals surface area (Å²) in [5.41, 5.74) is 12.8. The van der Waals surface area contributed by atoms with Gasteiger partial charge in [-0.1, -0.05) is 12.1 Å². The first kappa shape index (κ1) is 22.8. The quantitative estimate of drug-likeness (QED) is 0.419. The van der Waals surface area contributed by atoms with Crippen molar-refractivity contribution in [1.82, 2.24) is 19.9 Å². The molecule has 4 aromatic rings. The lowest BCUT2D eigenvalue weighted by Crippen LogP contribution is -2.23. The van der Waals surface area contributed by atoms with Gasteiger partial charge in [0.1, 0.15) is 23.1 Å². The molecule has 176 valence electrons. The molecule has 0 bridgehead atoms. The second-order valence-corrected chi connectivity index (χ2v) is 7.35. The molecule has 1 unspecified atom stereocenters. The van der Waals surface area contributed by atoms with Crippen molar-refractivity contribution in [2.45, 2.75) is 19.3 Å². The van der Waals surface area contributed by atoms with Crippen molar-refractivity contribution in [3.05, 3.63) is 60.3 Å². The van der Waals surface area contributed by atoms with Crippen LogP contribution in [0.5, 0.6) is 17.2 Å². The minimum Gasteiger partial charge on any atom is -0.457 e. The van der Waals surface area contributed by atoms with Gasteiger partial charge in [0.25, 0.3) is 0 Å². The number of ether oxygens (including phenoxy) is 2. The van der Waals surface area contributed by atoms with Crippen molar-refractivity contribution in [3.8, 4) is 17.2 Å². The van der Waals surface area contributed by atoms with Crippen molar-refractivity contribution in [2.24, 2.45) is 0 Å². The number of nitrogens with two attached hydrogens (primary N) is 2. The molecule has 2 aromatic heterocycles. The molecule has 0 aliphatic rings. The number of benzene rings is 2. The molecule has 4 N–H and O–H groups in total. The van der Waals surface area contributed by atoms with Crippen molar-refractivity contribution in [3.63, 3.8) is 0 Å². The van der Waals surface area contributed by atoms with Crippen molar-refractivity contribution < 1.29 is 22.6 Å². The molecule has 4 rings (SSSR count). The molecule has 2 aromatic carbocycles. The molecule has 1 atom stereocenters. The Balaban J connectivity index is 1.45. The predicted octanol–water partition coefficient (Wildman–Crippen LogP) is 4.47. The van der Waals surface area contributed by atoms with Crippen LogP contribution in [-0.2, 0) is 0 Å². The van der Waals surface area contributed by atoms with E-state index in [1.165, 1.54) is 24.3 Å². The zero-order valence-corrected chi connectivity index (χ0v) is 18.1. The van der Waals surface area contributed by atoms with E-state index in [9.17, 15) is 13.2 Å². The van der Waals surface area contributed by atoms with Gasteiger partial charge in [-0.05, 0) is 48.9 Å². The minimum absolute atomic E-state index is 0.0310. The van der Waals surface area contributed by atoms with Gasteiger partial charge in [0.15, 0.2) is 5.65 Å². The Morgan fingerprint density at radius 2 is 1.47 bits per heavy atom. The Kier molecular flexibility index (Phi) is 5.97. The first-order valence-electron chi connectivity index (χ1n) is 10.0. The third-order valence-corrected chi connectivity index (χ3v) is 5.04. The molecule has 0 aliphatic heterocycles. The fraction of sp³-hybridized carbons (Fsp3) is 0.182. The van der Waals surface area contributed by atoms with E-state index < -0.39 is 6.36 Å². The average molecular weight is 471 g/mol. The largest absolute Gasteiger partial charge is 0.573 e. The lowest BCUT2D eigenvalue weighted by atomic mass is 10.1. The zero-order valence-electron chi connectivity index (χ0n) is 18.1. The molecule has 2 heterocycles. The summed E-state index contributed by atoms with van der Waals surface area (Å²) in [4.78, 5) is 18.7. The fourth-order valence-electron chi connectivity index (χ4n) is 3.17. The van der Waals surface area contributed by atoms with Gasteiger partial charge in [-0.15, -0.1) is 13.2 Å². The van der Waals surface area contributed by atoms with Crippen LogP contribution >= 0.6 is 0 Å². The van der Waals surface area contributed by atoms with Crippen molar-refractivity contribution in [1.29, 1.82) is 0 Å². The van der Waals surface area contributed by atoms with E-state index >= 15 is 0 Å². The topological polar surface area (TPSA) is 125 Å². The van der Waals surface area contributed by atoms with Crippen molar-refractivity contribution in [2.75, 3.05) is 23.4 Å². The van der Waals surface area contributed by atoms with E-state index in [1.54, 1.807) is 18.3 Å². The molecule has 0 spiro atoms. The summed E-state index contributed by atoms with van der Waals surface area (Å²) >= 11 is 0. The van der Waals surface area contributed by atoms with Gasteiger partial charge in [-0.3, -0.25) is 0 Å². The van der Waals surface area contributed by atoms with E-state index in [1.807, 2.05) is 31.0 Å². The van der Waals surface area contributed by atoms with Crippen LogP contribution < -0.4 is 25.8 Å². The first-order valence-corrected chi connectivity index (χ1v) is 10.0. The van der Waals surface area contributed by atoms with Crippen LogP contribution in [0, 0.1) is 0 Å². The van der Waals surface area contributed by atoms with Crippen LogP contribution in [0.2, 0.25) is 0 Å². The lowest BCUT2D eigenvalue weighted by Gasteiger charge is -2.25. The molecule has 0 amide bonds. The highest BCUT2D eigenvalue weighted by atomic mass is 19.4. The Hall–Kier alpha value is -4.35. The van der Waals surface area contributed by atoms with Crippen molar-refractivity contribution >= 4 is 28.7 Å². The average Bonchev–Trinajstić information content (AvgIpc) is 2.78. The highest BCUT2D eigenvalue weighted by Gasteiger charge is 2.31. The first-order chi connectivity index (χ1) is 16.1. The maximum absolute atomic E-state index is 12.3. The monoisotopic (exact) mass is 471 g/mol. The highest BCUT2D eigenvalue weighted by Crippen LogP contribution is 2.30. The maximum Gasteiger partial charge on any atom is 0.573 e. The normalized spacial score (nSPS) is 12.4. The van der Waals surface area contributed by atoms with Crippen LogP contribution in [0.25, 0.3) is 11.0 Å². The number of halogens is 3. The third kappa shape index (κ3) is 5.17. The third-order valence-electron chi connectivity index (χ3n) is 5.04. The zero-order chi connectivity index (χ0) is 24.5. The summed E-state index contributed by atoms with van der Waals surface area (Å²) < 4.78 is 46.4. The second kappa shape index (κ2) is 8.89. The van der Waals surface area contributed by atoms with Gasteiger partial charge in [0.05, 0.1) is 11.4 Å². The molecule has 0 fully saturated rings. The number of nitrogen functional groups attached to an aromatic ring is 2. The summed E-state index contributed by atoms with van der Waals surface area (Å²) in [5, 5.41) is 0.513. The minimum atomic E-state index is -4.74. The van der Waals surface area contributed by atoms with Crippen LogP contribution in [0.3, 0.4) is 0 Å². The summed E-state index contributed by atoms with van der Waals surface area (Å²) in [5.74, 6) is 1.25. The molecule has 12 heteroatoms. The summed E-state index contributed by atoms with van der Waals surface area (Å²) in [6.45, 7) is 1.98. The molecular weight excluding hydrogens is 451 g/mol. The van der Waals surface area contributed by atoms with Gasteiger partial charge in [0, 0.05) is 13.2 Å². The number of hydrogen-bond acceptors (Lipinski definition) is 9. The number of anilines is 3. The van der Waals surface area contributed by atoms with Crippen LogP contribution in [0.1, 0.15) is 18.5 Å². The Bertz CT molecular complexity index is 1300. The van der Waals surface area contributed by atoms with Gasteiger partial charge >= 0.3 is 6.36 Å². The van der Waals surface area contributed by atoms with Gasteiger partial charge < -0.3 is 25.8 Å². The number of fused-ring (bicyclic) bond motifs is 1. The Labute approximate surface area is 192 Å². The molecular formula is C22H20F3N7O2. The number of hydrogen-bond donors (Lipinski definition) is 2. The number of aromatic nitrogens is 4. The van der Waals surface area contributed by atoms with Gasteiger partial charge in [0.2, 0.25) is 11.9 Å². The number of nitrogens with zero attached hydrogens (tertiary/aromatic N) is 5. The fourth-order valence-corrected chi connectivity index (χ4v) is 3.17. The number of alkyl halides is 3.